The lowest BCUT2D eigenvalue weighted by atomic mass is 10.1. The number of anilines is 3. The van der Waals surface area contributed by atoms with Crippen molar-refractivity contribution in [2.45, 2.75) is 12.8 Å². The van der Waals surface area contributed by atoms with Crippen LogP contribution in [0.2, 0.25) is 0 Å². The van der Waals surface area contributed by atoms with Crippen molar-refractivity contribution in [3.8, 4) is 11.3 Å². The van der Waals surface area contributed by atoms with Crippen LogP contribution in [0, 0.1) is 0 Å². The van der Waals surface area contributed by atoms with Crippen LogP contribution in [0.25, 0.3) is 11.3 Å². The van der Waals surface area contributed by atoms with E-state index in [0.29, 0.717) is 62.3 Å². The number of nitrogens with one attached hydrogen (secondary N) is 1. The van der Waals surface area contributed by atoms with Crippen LogP contribution >= 0.6 is 0 Å². The van der Waals surface area contributed by atoms with E-state index < -0.39 is 5.97 Å². The first-order valence-corrected chi connectivity index (χ1v) is 9.61. The van der Waals surface area contributed by atoms with Gasteiger partial charge in [-0.15, -0.1) is 0 Å². The number of aliphatic carboxylic acids is 1. The first-order valence-electron chi connectivity index (χ1n) is 9.61. The third-order valence-corrected chi connectivity index (χ3v) is 4.91. The minimum Gasteiger partial charge on any atom is -0.481 e. The van der Waals surface area contributed by atoms with E-state index in [1.54, 1.807) is 12.4 Å². The number of fused-ring (bicyclic) bond motifs is 1. The third-order valence-electron chi connectivity index (χ3n) is 4.91. The molecule has 4 rings (SSSR count). The number of nitrogens with zero attached hydrogens (tertiary/aromatic N) is 6. The smallest absolute Gasteiger partial charge is 0.323 e. The number of carboxylic acid groups (broad SMARTS) is 1. The van der Waals surface area contributed by atoms with Gasteiger partial charge in [0.15, 0.2) is 0 Å². The van der Waals surface area contributed by atoms with Crippen LogP contribution < -0.4 is 20.9 Å². The molecule has 158 valence electrons. The molecule has 0 saturated carbocycles. The maximum Gasteiger partial charge on any atom is 0.323 e. The molecule has 2 aromatic rings. The van der Waals surface area contributed by atoms with Crippen molar-refractivity contribution in [1.82, 2.24) is 25.3 Å². The van der Waals surface area contributed by atoms with Gasteiger partial charge in [0.05, 0.1) is 25.3 Å². The molecule has 0 unspecified atom stereocenters. The van der Waals surface area contributed by atoms with Crippen molar-refractivity contribution in [1.29, 1.82) is 0 Å². The lowest BCUT2D eigenvalue weighted by Crippen LogP contribution is -2.41. The van der Waals surface area contributed by atoms with Crippen LogP contribution in [0.1, 0.15) is 12.0 Å². The number of hydrogen-bond acceptors (Lipinski definition) is 9. The van der Waals surface area contributed by atoms with Crippen molar-refractivity contribution >= 4 is 29.7 Å². The Kier molecular flexibility index (Phi) is 5.57. The molecule has 0 atom stereocenters. The summed E-state index contributed by atoms with van der Waals surface area (Å²) in [6.07, 6.45) is 3.61. The van der Waals surface area contributed by atoms with Crippen LogP contribution in [0.3, 0.4) is 0 Å². The van der Waals surface area contributed by atoms with Crippen molar-refractivity contribution in [2.75, 3.05) is 54.9 Å². The first-order chi connectivity index (χ1) is 14.5. The van der Waals surface area contributed by atoms with Crippen molar-refractivity contribution in [2.24, 2.45) is 0 Å². The summed E-state index contributed by atoms with van der Waals surface area (Å²) in [6, 6.07) is -0.388. The number of amides is 2. The second-order valence-corrected chi connectivity index (χ2v) is 6.88. The Morgan fingerprint density at radius 3 is 2.60 bits per heavy atom. The highest BCUT2D eigenvalue weighted by molar-refractivity contribution is 5.94. The summed E-state index contributed by atoms with van der Waals surface area (Å²) in [5.41, 5.74) is 7.77. The number of nitrogen functional groups attached to an aromatic ring is 1. The molecule has 12 nitrogen and oxygen atoms in total. The van der Waals surface area contributed by atoms with Gasteiger partial charge in [0.25, 0.3) is 0 Å². The average Bonchev–Trinajstić information content (AvgIpc) is 3.18. The average molecular weight is 414 g/mol. The van der Waals surface area contributed by atoms with Crippen LogP contribution in [0.15, 0.2) is 12.4 Å². The van der Waals surface area contributed by atoms with E-state index in [4.69, 9.17) is 20.6 Å². The number of carbonyl (C=O) groups is 2. The van der Waals surface area contributed by atoms with Crippen LogP contribution in [-0.4, -0.2) is 76.4 Å². The van der Waals surface area contributed by atoms with Gasteiger partial charge in [0.2, 0.25) is 11.9 Å². The predicted octanol–water partition coefficient (Wildman–Crippen LogP) is -0.101. The Hall–Kier alpha value is -3.54. The summed E-state index contributed by atoms with van der Waals surface area (Å²) in [5, 5.41) is 11.4. The molecule has 2 aliphatic heterocycles. The van der Waals surface area contributed by atoms with Crippen molar-refractivity contribution in [3.63, 3.8) is 0 Å². The Labute approximate surface area is 172 Å². The molecule has 0 bridgehead atoms. The summed E-state index contributed by atoms with van der Waals surface area (Å²) in [4.78, 5) is 44.4. The molecule has 1 fully saturated rings. The zero-order valence-electron chi connectivity index (χ0n) is 16.2. The van der Waals surface area contributed by atoms with E-state index in [-0.39, 0.29) is 24.9 Å². The normalized spacial score (nSPS) is 15.7. The topological polar surface area (TPSA) is 160 Å². The molecule has 0 aromatic carbocycles. The van der Waals surface area contributed by atoms with Crippen LogP contribution in [0.4, 0.5) is 22.5 Å². The van der Waals surface area contributed by atoms with Gasteiger partial charge in [0.1, 0.15) is 5.82 Å². The SMILES string of the molecule is Nc1ncc(-c2nc(N3CCOCC3)nc3c2CCN3C(=O)NCCC(=O)O)cn1. The lowest BCUT2D eigenvalue weighted by molar-refractivity contribution is -0.136. The van der Waals surface area contributed by atoms with Gasteiger partial charge >= 0.3 is 12.0 Å². The van der Waals surface area contributed by atoms with Gasteiger partial charge in [-0.2, -0.15) is 4.98 Å². The molecule has 1 saturated heterocycles. The lowest BCUT2D eigenvalue weighted by Gasteiger charge is -2.28. The quantitative estimate of drug-likeness (QED) is 0.603. The van der Waals surface area contributed by atoms with Gasteiger partial charge in [-0.05, 0) is 6.42 Å². The molecule has 0 spiro atoms. The molecule has 2 aromatic heterocycles. The van der Waals surface area contributed by atoms with Gasteiger partial charge in [-0.3, -0.25) is 9.69 Å². The second-order valence-electron chi connectivity index (χ2n) is 6.88. The van der Waals surface area contributed by atoms with Gasteiger partial charge in [-0.25, -0.2) is 19.7 Å². The molecule has 4 N–H and O–H groups in total. The molecule has 12 heteroatoms. The van der Waals surface area contributed by atoms with E-state index in [1.807, 2.05) is 4.90 Å². The fraction of sp³-hybridized carbons (Fsp3) is 0.444. The molecular weight excluding hydrogens is 392 g/mol. The van der Waals surface area contributed by atoms with E-state index in [1.165, 1.54) is 4.90 Å². The Morgan fingerprint density at radius 1 is 1.17 bits per heavy atom. The number of rotatable bonds is 5. The Balaban J connectivity index is 1.69. The molecule has 2 aliphatic rings. The monoisotopic (exact) mass is 414 g/mol. The zero-order chi connectivity index (χ0) is 21.1. The summed E-state index contributed by atoms with van der Waals surface area (Å²) >= 11 is 0. The number of ether oxygens (including phenoxy) is 1. The Morgan fingerprint density at radius 2 is 1.90 bits per heavy atom. The molecular formula is C18H22N8O4. The van der Waals surface area contributed by atoms with E-state index in [0.717, 1.165) is 5.56 Å². The van der Waals surface area contributed by atoms with E-state index in [9.17, 15) is 9.59 Å². The number of aromatic nitrogens is 4. The number of hydrogen-bond donors (Lipinski definition) is 3. The summed E-state index contributed by atoms with van der Waals surface area (Å²) in [6.45, 7) is 2.88. The molecule has 0 radical (unpaired) electrons. The van der Waals surface area contributed by atoms with Gasteiger partial charge < -0.3 is 25.8 Å². The van der Waals surface area contributed by atoms with Crippen LogP contribution in [-0.2, 0) is 16.0 Å². The zero-order valence-corrected chi connectivity index (χ0v) is 16.2. The van der Waals surface area contributed by atoms with E-state index >= 15 is 0 Å². The molecule has 2 amide bonds. The molecule has 0 aliphatic carbocycles. The summed E-state index contributed by atoms with van der Waals surface area (Å²) < 4.78 is 5.41. The molecule has 4 heterocycles. The number of morpholine rings is 1. The molecule has 30 heavy (non-hydrogen) atoms. The standard InChI is InChI=1S/C18H22N8O4/c19-16-21-9-11(10-22-16)14-12-2-4-26(18(29)20-3-1-13(27)28)15(12)24-17(23-14)25-5-7-30-8-6-25/h9-10H,1-8H2,(H,20,29)(H,27,28)(H2,19,21,22). The van der Waals surface area contributed by atoms with E-state index in [2.05, 4.69) is 20.3 Å². The summed E-state index contributed by atoms with van der Waals surface area (Å²) in [7, 11) is 0. The number of carbonyl (C=O) groups excluding carboxylic acids is 1. The van der Waals surface area contributed by atoms with Crippen molar-refractivity contribution in [3.05, 3.63) is 18.0 Å². The predicted molar refractivity (Wildman–Crippen MR) is 107 cm³/mol. The maximum atomic E-state index is 12.7. The third kappa shape index (κ3) is 4.08. The first kappa shape index (κ1) is 19.8. The number of urea groups is 1. The number of nitrogens with two attached hydrogens (primary N) is 1. The number of carboxylic acids is 1. The largest absolute Gasteiger partial charge is 0.481 e. The fourth-order valence-corrected chi connectivity index (χ4v) is 3.42. The van der Waals surface area contributed by atoms with Crippen LogP contribution in [0.5, 0.6) is 0 Å². The van der Waals surface area contributed by atoms with Gasteiger partial charge in [-0.1, -0.05) is 0 Å². The second kappa shape index (κ2) is 8.45. The minimum atomic E-state index is -0.973. The maximum absolute atomic E-state index is 12.7. The summed E-state index contributed by atoms with van der Waals surface area (Å²) in [5.74, 6) is 0.192. The minimum absolute atomic E-state index is 0.0417. The van der Waals surface area contributed by atoms with Crippen molar-refractivity contribution < 1.29 is 19.4 Å². The Bertz CT molecular complexity index is 946. The highest BCUT2D eigenvalue weighted by Gasteiger charge is 2.31. The van der Waals surface area contributed by atoms with Gasteiger partial charge in [0, 0.05) is 49.7 Å². The highest BCUT2D eigenvalue weighted by Crippen LogP contribution is 2.35. The fourth-order valence-electron chi connectivity index (χ4n) is 3.42. The highest BCUT2D eigenvalue weighted by atomic mass is 16.5.